The predicted molar refractivity (Wildman–Crippen MR) is 140 cm³/mol. The Hall–Kier alpha value is -4.14. The molecule has 0 N–H and O–H groups in total. The number of carbonyl (C=O) groups excluding carboxylic acids is 1. The third-order valence-corrected chi connectivity index (χ3v) is 8.90. The van der Waals surface area contributed by atoms with E-state index in [2.05, 4.69) is 9.97 Å². The van der Waals surface area contributed by atoms with Gasteiger partial charge >= 0.3 is 0 Å². The summed E-state index contributed by atoms with van der Waals surface area (Å²) in [5.74, 6) is -0.680. The fourth-order valence-electron chi connectivity index (χ4n) is 4.20. The van der Waals surface area contributed by atoms with Gasteiger partial charge in [-0.2, -0.15) is 0 Å². The molecule has 0 bridgehead atoms. The van der Waals surface area contributed by atoms with E-state index in [1.54, 1.807) is 24.5 Å². The minimum Gasteiger partial charge on any atom is -0.307 e. The molecule has 5 heteroatoms. The van der Waals surface area contributed by atoms with E-state index in [1.807, 2.05) is 109 Å². The van der Waals surface area contributed by atoms with Gasteiger partial charge in [0.25, 0.3) is 0 Å². The summed E-state index contributed by atoms with van der Waals surface area (Å²) in [5, 5.41) is 1.38. The Labute approximate surface area is 204 Å². The van der Waals surface area contributed by atoms with Gasteiger partial charge in [-0.15, -0.1) is 0 Å². The van der Waals surface area contributed by atoms with Gasteiger partial charge in [0.2, 0.25) is 0 Å². The van der Waals surface area contributed by atoms with Gasteiger partial charge in [-0.1, -0.05) is 121 Å². The third-order valence-electron chi connectivity index (χ3n) is 5.97. The number of hydrogen-bond acceptors (Lipinski definition) is 4. The lowest BCUT2D eigenvalue weighted by atomic mass is 9.88. The first-order valence-electron chi connectivity index (χ1n) is 11.4. The number of hydrogen-bond donors (Lipinski definition) is 0. The molecule has 4 aromatic carbocycles. The maximum Gasteiger partial charge on any atom is 0.190 e. The molecule has 0 saturated carbocycles. The van der Waals surface area contributed by atoms with Crippen LogP contribution in [-0.2, 0) is 4.57 Å². The van der Waals surface area contributed by atoms with Crippen LogP contribution < -0.4 is 16.0 Å². The van der Waals surface area contributed by atoms with Crippen LogP contribution in [-0.4, -0.2) is 15.8 Å². The van der Waals surface area contributed by atoms with Crippen LogP contribution in [0.4, 0.5) is 0 Å². The zero-order valence-electron chi connectivity index (χ0n) is 18.9. The number of aromatic nitrogens is 2. The van der Waals surface area contributed by atoms with Gasteiger partial charge in [0.15, 0.2) is 12.9 Å². The maximum atomic E-state index is 14.6. The monoisotopic (exact) mass is 474 g/mol. The van der Waals surface area contributed by atoms with E-state index in [0.29, 0.717) is 27.3 Å². The summed E-state index contributed by atoms with van der Waals surface area (Å²) in [6, 6.07) is 37.4. The van der Waals surface area contributed by atoms with Crippen LogP contribution in [0.5, 0.6) is 0 Å². The van der Waals surface area contributed by atoms with Crippen molar-refractivity contribution in [2.45, 2.75) is 5.92 Å². The lowest BCUT2D eigenvalue weighted by Gasteiger charge is -2.20. The summed E-state index contributed by atoms with van der Waals surface area (Å²) < 4.78 is 14.6. The van der Waals surface area contributed by atoms with Crippen molar-refractivity contribution in [3.8, 4) is 0 Å². The molecule has 1 unspecified atom stereocenters. The summed E-state index contributed by atoms with van der Waals surface area (Å²) in [5.41, 5.74) is 2.34. The third kappa shape index (κ3) is 4.49. The molecule has 0 saturated heterocycles. The predicted octanol–water partition coefficient (Wildman–Crippen LogP) is 5.13. The Balaban J connectivity index is 1.61. The minimum absolute atomic E-state index is 0.0619. The molecule has 170 valence electrons. The van der Waals surface area contributed by atoms with Crippen molar-refractivity contribution < 1.29 is 9.36 Å². The maximum absolute atomic E-state index is 14.6. The fraction of sp³-hybridized carbons (Fsp3) is 0.0333. The molecule has 0 spiro atoms. The van der Waals surface area contributed by atoms with E-state index in [0.717, 1.165) is 5.56 Å². The average Bonchev–Trinajstić information content (AvgIpc) is 2.95. The van der Waals surface area contributed by atoms with Gasteiger partial charge in [-0.25, -0.2) is 4.98 Å². The standard InChI is InChI=1S/C30H23N2O2P/c33-30(24-15-7-2-8-16-24)29(23-13-5-1-6-14-23)27-21-32-28(22-31-27)35(34,25-17-9-3-10-18-25)26-19-11-4-12-20-26/h1-22,29H. The highest BCUT2D eigenvalue weighted by Gasteiger charge is 2.32. The molecule has 0 aliphatic carbocycles. The SMILES string of the molecule is O=C(c1ccccc1)C(c1ccccc1)c1cnc(P(=O)(c2ccccc2)c2ccccc2)cn1. The van der Waals surface area contributed by atoms with Crippen LogP contribution in [0.15, 0.2) is 134 Å². The largest absolute Gasteiger partial charge is 0.307 e. The van der Waals surface area contributed by atoms with Crippen molar-refractivity contribution in [1.82, 2.24) is 9.97 Å². The number of ketones is 1. The molecule has 35 heavy (non-hydrogen) atoms. The number of benzene rings is 4. The van der Waals surface area contributed by atoms with E-state index >= 15 is 0 Å². The number of Topliss-reactive ketones (excluding diaryl/α,β-unsaturated/α-hetero) is 1. The van der Waals surface area contributed by atoms with Gasteiger partial charge in [0, 0.05) is 16.2 Å². The first-order chi connectivity index (χ1) is 17.2. The lowest BCUT2D eigenvalue weighted by molar-refractivity contribution is 0.0972. The molecule has 4 nitrogen and oxygen atoms in total. The van der Waals surface area contributed by atoms with Crippen molar-refractivity contribution in [2.75, 3.05) is 0 Å². The first kappa shape index (κ1) is 22.6. The van der Waals surface area contributed by atoms with Crippen LogP contribution in [0.3, 0.4) is 0 Å². The molecule has 5 aromatic rings. The summed E-state index contributed by atoms with van der Waals surface area (Å²) in [6.07, 6.45) is 3.15. The quantitative estimate of drug-likeness (QED) is 0.242. The van der Waals surface area contributed by atoms with E-state index in [1.165, 1.54) is 0 Å². The topological polar surface area (TPSA) is 59.9 Å². The van der Waals surface area contributed by atoms with Crippen molar-refractivity contribution in [1.29, 1.82) is 0 Å². The highest BCUT2D eigenvalue weighted by Crippen LogP contribution is 2.41. The average molecular weight is 475 g/mol. The summed E-state index contributed by atoms with van der Waals surface area (Å²) in [4.78, 5) is 22.9. The molecular formula is C30H23N2O2P. The van der Waals surface area contributed by atoms with Crippen molar-refractivity contribution in [3.63, 3.8) is 0 Å². The summed E-state index contributed by atoms with van der Waals surface area (Å²) in [6.45, 7) is 0. The Morgan fingerprint density at radius 1 is 0.600 bits per heavy atom. The number of nitrogens with zero attached hydrogens (tertiary/aromatic N) is 2. The van der Waals surface area contributed by atoms with Crippen molar-refractivity contribution in [2.24, 2.45) is 0 Å². The van der Waals surface area contributed by atoms with E-state index in [9.17, 15) is 9.36 Å². The molecule has 0 fully saturated rings. The summed E-state index contributed by atoms with van der Waals surface area (Å²) in [7, 11) is -3.24. The van der Waals surface area contributed by atoms with Gasteiger partial charge in [0.05, 0.1) is 24.0 Å². The second-order valence-corrected chi connectivity index (χ2v) is 10.9. The molecule has 5 rings (SSSR count). The van der Waals surface area contributed by atoms with Gasteiger partial charge in [-0.05, 0) is 5.56 Å². The molecule has 0 aliphatic heterocycles. The Morgan fingerprint density at radius 2 is 1.09 bits per heavy atom. The zero-order chi connectivity index (χ0) is 24.1. The van der Waals surface area contributed by atoms with Gasteiger partial charge < -0.3 is 4.57 Å². The fourth-order valence-corrected chi connectivity index (χ4v) is 6.66. The van der Waals surface area contributed by atoms with E-state index in [-0.39, 0.29) is 5.78 Å². The van der Waals surface area contributed by atoms with Crippen molar-refractivity contribution >= 4 is 29.0 Å². The van der Waals surface area contributed by atoms with Crippen LogP contribution in [0.1, 0.15) is 27.5 Å². The van der Waals surface area contributed by atoms with Crippen LogP contribution >= 0.6 is 7.14 Å². The van der Waals surface area contributed by atoms with Crippen LogP contribution in [0.25, 0.3) is 0 Å². The minimum atomic E-state index is -3.24. The Morgan fingerprint density at radius 3 is 1.57 bits per heavy atom. The van der Waals surface area contributed by atoms with E-state index < -0.39 is 13.1 Å². The van der Waals surface area contributed by atoms with E-state index in [4.69, 9.17) is 0 Å². The molecule has 0 aliphatic rings. The molecule has 0 amide bonds. The normalized spacial score (nSPS) is 12.1. The molecule has 1 heterocycles. The Kier molecular flexibility index (Phi) is 6.47. The first-order valence-corrected chi connectivity index (χ1v) is 13.1. The number of rotatable bonds is 7. The van der Waals surface area contributed by atoms with Gasteiger partial charge in [0.1, 0.15) is 5.44 Å². The molecule has 0 radical (unpaired) electrons. The highest BCUT2D eigenvalue weighted by atomic mass is 31.2. The van der Waals surface area contributed by atoms with Crippen LogP contribution in [0, 0.1) is 0 Å². The highest BCUT2D eigenvalue weighted by molar-refractivity contribution is 7.85. The second-order valence-electron chi connectivity index (χ2n) is 8.15. The molecular weight excluding hydrogens is 451 g/mol. The number of carbonyl (C=O) groups is 1. The molecule has 1 atom stereocenters. The lowest BCUT2D eigenvalue weighted by Crippen LogP contribution is -2.28. The van der Waals surface area contributed by atoms with Crippen molar-refractivity contribution in [3.05, 3.63) is 151 Å². The molecule has 1 aromatic heterocycles. The summed E-state index contributed by atoms with van der Waals surface area (Å²) >= 11 is 0. The zero-order valence-corrected chi connectivity index (χ0v) is 19.8. The van der Waals surface area contributed by atoms with Crippen LogP contribution in [0.2, 0.25) is 0 Å². The van der Waals surface area contributed by atoms with Gasteiger partial charge in [-0.3, -0.25) is 9.78 Å². The second kappa shape index (κ2) is 10.0. The Bertz CT molecular complexity index is 1410. The smallest absolute Gasteiger partial charge is 0.190 e.